The van der Waals surface area contributed by atoms with Gasteiger partial charge in [0.2, 0.25) is 5.91 Å². The van der Waals surface area contributed by atoms with Crippen LogP contribution in [0.2, 0.25) is 0 Å². The van der Waals surface area contributed by atoms with Crippen LogP contribution in [0.3, 0.4) is 0 Å². The molecule has 8 nitrogen and oxygen atoms in total. The third kappa shape index (κ3) is 7.53. The fourth-order valence-corrected chi connectivity index (χ4v) is 3.55. The Hall–Kier alpha value is -1.56. The maximum Gasteiger partial charge on any atom is 0.511 e. The number of carbonyl (C=O) groups excluding carboxylic acids is 1. The Kier molecular flexibility index (Phi) is 8.79. The lowest BCUT2D eigenvalue weighted by Gasteiger charge is -2.32. The van der Waals surface area contributed by atoms with E-state index in [-0.39, 0.29) is 56.9 Å². The number of piperidine rings is 1. The normalized spacial score (nSPS) is 17.8. The third-order valence-electron chi connectivity index (χ3n) is 3.83. The molecule has 1 aliphatic rings. The summed E-state index contributed by atoms with van der Waals surface area (Å²) in [5.41, 5.74) is -5.28. The zero-order chi connectivity index (χ0) is 20.7. The maximum absolute atomic E-state index is 12.6. The molecule has 158 valence electrons. The molecule has 27 heavy (non-hydrogen) atoms. The smallest absolute Gasteiger partial charge is 0.357 e. The van der Waals surface area contributed by atoms with Gasteiger partial charge in [0.25, 0.3) is 0 Å². The molecule has 0 saturated carbocycles. The Morgan fingerprint density at radius 2 is 1.85 bits per heavy atom. The second-order valence-corrected chi connectivity index (χ2v) is 8.43. The van der Waals surface area contributed by atoms with Crippen LogP contribution in [-0.4, -0.2) is 68.4 Å². The Morgan fingerprint density at radius 3 is 2.33 bits per heavy atom. The molecule has 0 spiro atoms. The Labute approximate surface area is 158 Å². The molecule has 0 aromatic carbocycles. The van der Waals surface area contributed by atoms with E-state index >= 15 is 0 Å². The van der Waals surface area contributed by atoms with Crippen LogP contribution in [0.5, 0.6) is 0 Å². The van der Waals surface area contributed by atoms with Crippen molar-refractivity contribution in [3.63, 3.8) is 0 Å². The van der Waals surface area contributed by atoms with Gasteiger partial charge in [0.05, 0.1) is 6.54 Å². The monoisotopic (exact) mass is 415 g/mol. The molecule has 0 atom stereocenters. The van der Waals surface area contributed by atoms with Gasteiger partial charge in [0.15, 0.2) is 5.96 Å². The van der Waals surface area contributed by atoms with E-state index in [9.17, 15) is 26.4 Å². The molecule has 0 radical (unpaired) electrons. The number of halogens is 3. The fourth-order valence-electron chi connectivity index (χ4n) is 2.56. The van der Waals surface area contributed by atoms with Crippen molar-refractivity contribution in [2.45, 2.75) is 57.6 Å². The van der Waals surface area contributed by atoms with Gasteiger partial charge in [0.1, 0.15) is 0 Å². The van der Waals surface area contributed by atoms with Crippen LogP contribution in [0, 0.1) is 0 Å². The van der Waals surface area contributed by atoms with E-state index in [0.29, 0.717) is 16.8 Å². The molecule has 1 heterocycles. The minimum absolute atomic E-state index is 0.0472. The van der Waals surface area contributed by atoms with Crippen molar-refractivity contribution in [3.8, 4) is 0 Å². The predicted molar refractivity (Wildman–Crippen MR) is 96.6 cm³/mol. The van der Waals surface area contributed by atoms with Crippen LogP contribution in [0.4, 0.5) is 13.2 Å². The van der Waals surface area contributed by atoms with Gasteiger partial charge < -0.3 is 16.0 Å². The first-order valence-corrected chi connectivity index (χ1v) is 10.3. The van der Waals surface area contributed by atoms with Crippen molar-refractivity contribution in [1.29, 1.82) is 0 Å². The van der Waals surface area contributed by atoms with Crippen LogP contribution < -0.4 is 16.0 Å². The summed E-state index contributed by atoms with van der Waals surface area (Å²) >= 11 is 0. The molecular formula is C15H28F3N5O3S. The summed E-state index contributed by atoms with van der Waals surface area (Å²) in [4.78, 5) is 15.9. The van der Waals surface area contributed by atoms with Crippen molar-refractivity contribution in [2.75, 3.05) is 26.2 Å². The highest BCUT2D eigenvalue weighted by atomic mass is 32.2. The Bertz CT molecular complexity index is 615. The SMILES string of the molecule is CCNC(=NCCC(=O)NC(C)C)NC1CCN(S(=O)(=O)C(F)(F)F)CC1. The second kappa shape index (κ2) is 10.1. The minimum Gasteiger partial charge on any atom is -0.357 e. The standard InChI is InChI=1S/C15H28F3N5O3S/c1-4-19-14(20-8-5-13(24)21-11(2)3)22-12-6-9-23(10-7-12)27(25,26)15(16,17)18/h11-12H,4-10H2,1-3H3,(H,21,24)(H2,19,20,22). The summed E-state index contributed by atoms with van der Waals surface area (Å²) in [7, 11) is -5.28. The van der Waals surface area contributed by atoms with Gasteiger partial charge in [-0.1, -0.05) is 0 Å². The highest BCUT2D eigenvalue weighted by Crippen LogP contribution is 2.28. The van der Waals surface area contributed by atoms with Crippen LogP contribution in [0.15, 0.2) is 4.99 Å². The van der Waals surface area contributed by atoms with Gasteiger partial charge >= 0.3 is 15.5 Å². The molecule has 0 bridgehead atoms. The lowest BCUT2D eigenvalue weighted by atomic mass is 10.1. The van der Waals surface area contributed by atoms with Gasteiger partial charge in [-0.25, -0.2) is 8.42 Å². The number of guanidine groups is 1. The van der Waals surface area contributed by atoms with Crippen molar-refractivity contribution in [2.24, 2.45) is 4.99 Å². The zero-order valence-electron chi connectivity index (χ0n) is 15.8. The highest BCUT2D eigenvalue weighted by Gasteiger charge is 2.50. The number of amides is 1. The number of hydrogen-bond donors (Lipinski definition) is 3. The third-order valence-corrected chi connectivity index (χ3v) is 5.46. The summed E-state index contributed by atoms with van der Waals surface area (Å²) < 4.78 is 61.1. The number of nitrogens with one attached hydrogen (secondary N) is 3. The predicted octanol–water partition coefficient (Wildman–Crippen LogP) is 0.770. The molecule has 1 rings (SSSR count). The lowest BCUT2D eigenvalue weighted by Crippen LogP contribution is -2.51. The number of rotatable bonds is 7. The fraction of sp³-hybridized carbons (Fsp3) is 0.867. The maximum atomic E-state index is 12.6. The van der Waals surface area contributed by atoms with Gasteiger partial charge in [-0.05, 0) is 33.6 Å². The lowest BCUT2D eigenvalue weighted by molar-refractivity contribution is -0.121. The number of alkyl halides is 3. The highest BCUT2D eigenvalue weighted by molar-refractivity contribution is 7.90. The van der Waals surface area contributed by atoms with E-state index in [2.05, 4.69) is 20.9 Å². The molecule has 0 aliphatic carbocycles. The summed E-state index contributed by atoms with van der Waals surface area (Å²) in [5.74, 6) is 0.335. The van der Waals surface area contributed by atoms with E-state index in [1.807, 2.05) is 20.8 Å². The van der Waals surface area contributed by atoms with Crippen LogP contribution in [-0.2, 0) is 14.8 Å². The Balaban J connectivity index is 2.55. The number of nitrogens with zero attached hydrogens (tertiary/aromatic N) is 2. The van der Waals surface area contributed by atoms with E-state index in [1.165, 1.54) is 0 Å². The molecule has 1 aliphatic heterocycles. The number of sulfonamides is 1. The van der Waals surface area contributed by atoms with Crippen LogP contribution >= 0.6 is 0 Å². The minimum atomic E-state index is -5.28. The average Bonchev–Trinajstić information content (AvgIpc) is 2.53. The molecule has 1 fully saturated rings. The van der Waals surface area contributed by atoms with Crippen molar-refractivity contribution >= 4 is 21.9 Å². The molecule has 0 aromatic heterocycles. The van der Waals surface area contributed by atoms with E-state index in [1.54, 1.807) is 0 Å². The first-order chi connectivity index (χ1) is 12.5. The topological polar surface area (TPSA) is 103 Å². The first kappa shape index (κ1) is 23.5. The summed E-state index contributed by atoms with van der Waals surface area (Å²) in [6, 6.07) is -0.155. The van der Waals surface area contributed by atoms with Gasteiger partial charge in [0, 0.05) is 38.1 Å². The quantitative estimate of drug-likeness (QED) is 0.421. The summed E-state index contributed by atoms with van der Waals surface area (Å²) in [5, 5.41) is 8.85. The summed E-state index contributed by atoms with van der Waals surface area (Å²) in [6.07, 6.45) is 0.679. The van der Waals surface area contributed by atoms with Gasteiger partial charge in [-0.15, -0.1) is 0 Å². The van der Waals surface area contributed by atoms with Crippen molar-refractivity contribution in [3.05, 3.63) is 0 Å². The molecule has 0 unspecified atom stereocenters. The number of aliphatic imine (C=N–C) groups is 1. The van der Waals surface area contributed by atoms with E-state index in [0.717, 1.165) is 0 Å². The zero-order valence-corrected chi connectivity index (χ0v) is 16.6. The molecular weight excluding hydrogens is 387 g/mol. The first-order valence-electron chi connectivity index (χ1n) is 8.88. The number of carbonyl (C=O) groups is 1. The second-order valence-electron chi connectivity index (χ2n) is 6.50. The molecule has 12 heteroatoms. The molecule has 0 aromatic rings. The van der Waals surface area contributed by atoms with Gasteiger partial charge in [-0.3, -0.25) is 9.79 Å². The Morgan fingerprint density at radius 1 is 1.26 bits per heavy atom. The van der Waals surface area contributed by atoms with E-state index in [4.69, 9.17) is 0 Å². The molecule has 1 saturated heterocycles. The number of hydrogen-bond acceptors (Lipinski definition) is 4. The average molecular weight is 415 g/mol. The van der Waals surface area contributed by atoms with Crippen molar-refractivity contribution in [1.82, 2.24) is 20.3 Å². The van der Waals surface area contributed by atoms with Crippen LogP contribution in [0.25, 0.3) is 0 Å². The summed E-state index contributed by atoms with van der Waals surface area (Å²) in [6.45, 7) is 5.99. The molecule has 3 N–H and O–H groups in total. The van der Waals surface area contributed by atoms with Gasteiger partial charge in [-0.2, -0.15) is 17.5 Å². The van der Waals surface area contributed by atoms with Crippen molar-refractivity contribution < 1.29 is 26.4 Å². The molecule has 1 amide bonds. The largest absolute Gasteiger partial charge is 0.511 e. The van der Waals surface area contributed by atoms with E-state index < -0.39 is 15.5 Å². The van der Waals surface area contributed by atoms with Crippen LogP contribution in [0.1, 0.15) is 40.0 Å².